The first kappa shape index (κ1) is 14.4. The molecule has 1 aliphatic rings. The van der Waals surface area contributed by atoms with Crippen molar-refractivity contribution in [1.82, 2.24) is 10.2 Å². The van der Waals surface area contributed by atoms with Crippen LogP contribution in [-0.2, 0) is 4.79 Å². The molecule has 1 heterocycles. The number of nitrogens with one attached hydrogen (secondary N) is 1. The number of carbonyl (C=O) groups excluding carboxylic acids is 1. The van der Waals surface area contributed by atoms with Gasteiger partial charge in [-0.25, -0.2) is 0 Å². The Bertz CT molecular complexity index is 393. The average molecular weight is 279 g/mol. The molecule has 1 aromatic rings. The molecule has 1 atom stereocenters. The van der Waals surface area contributed by atoms with Gasteiger partial charge in [-0.15, -0.1) is 0 Å². The molecular weight excluding hydrogens is 258 g/mol. The van der Waals surface area contributed by atoms with E-state index in [9.17, 15) is 4.79 Å². The molecule has 0 spiro atoms. The van der Waals surface area contributed by atoms with Crippen molar-refractivity contribution >= 4 is 17.7 Å². The van der Waals surface area contributed by atoms with Crippen LogP contribution in [0.1, 0.15) is 11.6 Å². The Kier molecular flexibility index (Phi) is 5.69. The van der Waals surface area contributed by atoms with E-state index >= 15 is 0 Å². The largest absolute Gasteiger partial charge is 0.353 e. The summed E-state index contributed by atoms with van der Waals surface area (Å²) >= 11 is 1.99. The smallest absolute Gasteiger partial charge is 0.241 e. The third-order valence-electron chi connectivity index (χ3n) is 3.27. The summed E-state index contributed by atoms with van der Waals surface area (Å²) in [7, 11) is 0. The van der Waals surface area contributed by atoms with Gasteiger partial charge >= 0.3 is 0 Å². The summed E-state index contributed by atoms with van der Waals surface area (Å²) < 4.78 is 0. The van der Waals surface area contributed by atoms with Gasteiger partial charge in [-0.1, -0.05) is 30.3 Å². The van der Waals surface area contributed by atoms with Crippen molar-refractivity contribution in [2.75, 3.05) is 37.7 Å². The van der Waals surface area contributed by atoms with Crippen molar-refractivity contribution in [2.24, 2.45) is 5.73 Å². The summed E-state index contributed by atoms with van der Waals surface area (Å²) in [4.78, 5) is 14.3. The Morgan fingerprint density at radius 3 is 2.68 bits per heavy atom. The lowest BCUT2D eigenvalue weighted by atomic mass is 10.1. The van der Waals surface area contributed by atoms with Crippen LogP contribution in [0.25, 0.3) is 0 Å². The average Bonchev–Trinajstić information content (AvgIpc) is 2.48. The predicted molar refractivity (Wildman–Crippen MR) is 80.1 cm³/mol. The summed E-state index contributed by atoms with van der Waals surface area (Å²) in [5.41, 5.74) is 6.78. The number of nitrogens with two attached hydrogens (primary N) is 1. The minimum atomic E-state index is -0.571. The maximum absolute atomic E-state index is 11.9. The van der Waals surface area contributed by atoms with E-state index in [0.29, 0.717) is 6.54 Å². The number of hydrogen-bond acceptors (Lipinski definition) is 4. The Labute approximate surface area is 118 Å². The molecule has 3 N–H and O–H groups in total. The summed E-state index contributed by atoms with van der Waals surface area (Å²) in [5, 5.41) is 2.92. The number of hydrogen-bond donors (Lipinski definition) is 2. The first-order chi connectivity index (χ1) is 9.27. The van der Waals surface area contributed by atoms with Crippen LogP contribution in [0.15, 0.2) is 30.3 Å². The van der Waals surface area contributed by atoms with Crippen LogP contribution >= 0.6 is 11.8 Å². The van der Waals surface area contributed by atoms with Gasteiger partial charge in [0, 0.05) is 37.7 Å². The molecule has 0 saturated carbocycles. The van der Waals surface area contributed by atoms with Crippen molar-refractivity contribution in [3.05, 3.63) is 35.9 Å². The Balaban J connectivity index is 1.72. The highest BCUT2D eigenvalue weighted by molar-refractivity contribution is 7.99. The molecule has 104 valence electrons. The van der Waals surface area contributed by atoms with Gasteiger partial charge in [-0.2, -0.15) is 11.8 Å². The second-order valence-corrected chi connectivity index (χ2v) is 5.86. The van der Waals surface area contributed by atoms with Crippen LogP contribution in [0, 0.1) is 0 Å². The normalized spacial score (nSPS) is 17.9. The van der Waals surface area contributed by atoms with Gasteiger partial charge in [-0.3, -0.25) is 9.69 Å². The number of carbonyl (C=O) groups is 1. The number of nitrogens with zero attached hydrogens (tertiary/aromatic N) is 1. The quantitative estimate of drug-likeness (QED) is 0.839. The van der Waals surface area contributed by atoms with Crippen LogP contribution in [0.3, 0.4) is 0 Å². The van der Waals surface area contributed by atoms with Crippen molar-refractivity contribution in [2.45, 2.75) is 6.04 Å². The number of benzene rings is 1. The zero-order valence-corrected chi connectivity index (χ0v) is 11.9. The number of thioether (sulfide) groups is 1. The van der Waals surface area contributed by atoms with Crippen LogP contribution in [0.4, 0.5) is 0 Å². The van der Waals surface area contributed by atoms with Gasteiger partial charge in [0.2, 0.25) is 5.91 Å². The molecule has 0 aliphatic carbocycles. The van der Waals surface area contributed by atoms with Gasteiger partial charge in [0.1, 0.15) is 6.04 Å². The highest BCUT2D eigenvalue weighted by atomic mass is 32.2. The molecule has 0 radical (unpaired) electrons. The van der Waals surface area contributed by atoms with E-state index in [1.165, 1.54) is 11.5 Å². The fourth-order valence-corrected chi connectivity index (χ4v) is 3.06. The lowest BCUT2D eigenvalue weighted by Gasteiger charge is -2.26. The van der Waals surface area contributed by atoms with E-state index in [0.717, 1.165) is 25.2 Å². The van der Waals surface area contributed by atoms with Gasteiger partial charge in [0.25, 0.3) is 0 Å². The fourth-order valence-electron chi connectivity index (χ4n) is 2.08. The molecule has 2 rings (SSSR count). The van der Waals surface area contributed by atoms with Crippen molar-refractivity contribution < 1.29 is 4.79 Å². The maximum Gasteiger partial charge on any atom is 0.241 e. The first-order valence-electron chi connectivity index (χ1n) is 6.66. The Morgan fingerprint density at radius 1 is 1.32 bits per heavy atom. The van der Waals surface area contributed by atoms with Crippen LogP contribution in [0.2, 0.25) is 0 Å². The number of rotatable bonds is 5. The molecule has 0 unspecified atom stereocenters. The van der Waals surface area contributed by atoms with Gasteiger partial charge in [0.15, 0.2) is 0 Å². The molecule has 4 nitrogen and oxygen atoms in total. The topological polar surface area (TPSA) is 58.4 Å². The third kappa shape index (κ3) is 4.53. The maximum atomic E-state index is 11.9. The molecule has 5 heteroatoms. The predicted octanol–water partition coefficient (Wildman–Crippen LogP) is 0.851. The molecule has 1 saturated heterocycles. The monoisotopic (exact) mass is 279 g/mol. The van der Waals surface area contributed by atoms with Crippen LogP contribution in [0.5, 0.6) is 0 Å². The van der Waals surface area contributed by atoms with E-state index in [1.54, 1.807) is 0 Å². The van der Waals surface area contributed by atoms with Gasteiger partial charge in [-0.05, 0) is 5.56 Å². The summed E-state index contributed by atoms with van der Waals surface area (Å²) in [5.74, 6) is 2.28. The summed E-state index contributed by atoms with van der Waals surface area (Å²) in [6.07, 6.45) is 0. The van der Waals surface area contributed by atoms with Crippen LogP contribution in [-0.4, -0.2) is 48.5 Å². The van der Waals surface area contributed by atoms with E-state index < -0.39 is 6.04 Å². The van der Waals surface area contributed by atoms with Crippen molar-refractivity contribution in [1.29, 1.82) is 0 Å². The zero-order valence-electron chi connectivity index (χ0n) is 11.0. The lowest BCUT2D eigenvalue weighted by molar-refractivity contribution is -0.122. The fraction of sp³-hybridized carbons (Fsp3) is 0.500. The second-order valence-electron chi connectivity index (χ2n) is 4.63. The molecular formula is C14H21N3OS. The van der Waals surface area contributed by atoms with Crippen molar-refractivity contribution in [3.8, 4) is 0 Å². The van der Waals surface area contributed by atoms with Crippen molar-refractivity contribution in [3.63, 3.8) is 0 Å². The summed E-state index contributed by atoms with van der Waals surface area (Å²) in [6, 6.07) is 8.90. The standard InChI is InChI=1S/C14H21N3OS/c15-13(12-4-2-1-3-5-12)14(18)16-6-7-17-8-10-19-11-9-17/h1-5,13H,6-11,15H2,(H,16,18)/t13-/m1/s1. The number of amides is 1. The van der Waals surface area contributed by atoms with E-state index in [-0.39, 0.29) is 5.91 Å². The molecule has 1 amide bonds. The van der Waals surface area contributed by atoms with E-state index in [1.807, 2.05) is 42.1 Å². The minimum Gasteiger partial charge on any atom is -0.353 e. The van der Waals surface area contributed by atoms with E-state index in [4.69, 9.17) is 5.73 Å². The second kappa shape index (κ2) is 7.53. The molecule has 0 aromatic heterocycles. The Morgan fingerprint density at radius 2 is 2.00 bits per heavy atom. The molecule has 1 aliphatic heterocycles. The minimum absolute atomic E-state index is 0.0995. The lowest BCUT2D eigenvalue weighted by Crippen LogP contribution is -2.41. The van der Waals surface area contributed by atoms with E-state index in [2.05, 4.69) is 10.2 Å². The van der Waals surface area contributed by atoms with Gasteiger partial charge < -0.3 is 11.1 Å². The Hall–Kier alpha value is -1.04. The highest BCUT2D eigenvalue weighted by Crippen LogP contribution is 2.10. The highest BCUT2D eigenvalue weighted by Gasteiger charge is 2.15. The summed E-state index contributed by atoms with van der Waals surface area (Å²) in [6.45, 7) is 3.81. The third-order valence-corrected chi connectivity index (χ3v) is 4.21. The molecule has 1 aromatic carbocycles. The van der Waals surface area contributed by atoms with Gasteiger partial charge in [0.05, 0.1) is 0 Å². The molecule has 0 bridgehead atoms. The zero-order chi connectivity index (χ0) is 13.5. The van der Waals surface area contributed by atoms with Crippen LogP contribution < -0.4 is 11.1 Å². The first-order valence-corrected chi connectivity index (χ1v) is 7.81. The SMILES string of the molecule is N[C@@H](C(=O)NCCN1CCSCC1)c1ccccc1. The molecule has 19 heavy (non-hydrogen) atoms. The molecule has 1 fully saturated rings.